The van der Waals surface area contributed by atoms with Gasteiger partial charge in [-0.2, -0.15) is 0 Å². The van der Waals surface area contributed by atoms with Gasteiger partial charge in [0.2, 0.25) is 5.91 Å². The Morgan fingerprint density at radius 3 is 2.42 bits per heavy atom. The topological polar surface area (TPSA) is 96.8 Å². The molecule has 0 bridgehead atoms. The van der Waals surface area contributed by atoms with E-state index in [2.05, 4.69) is 4.98 Å². The van der Waals surface area contributed by atoms with E-state index in [1.54, 1.807) is 23.2 Å². The molecule has 1 amide bonds. The van der Waals surface area contributed by atoms with Gasteiger partial charge in [0.15, 0.2) is 9.84 Å². The molecule has 1 N–H and O–H groups in total. The Hall–Kier alpha value is -2.81. The lowest BCUT2D eigenvalue weighted by atomic mass is 9.82. The van der Waals surface area contributed by atoms with Gasteiger partial charge in [0.25, 0.3) is 0 Å². The van der Waals surface area contributed by atoms with Crippen LogP contribution in [0.2, 0.25) is 0 Å². The zero-order valence-electron chi connectivity index (χ0n) is 20.1. The highest BCUT2D eigenvalue weighted by molar-refractivity contribution is 7.92. The van der Waals surface area contributed by atoms with Gasteiger partial charge in [0.05, 0.1) is 40.0 Å². The number of rotatable bonds is 5. The van der Waals surface area contributed by atoms with E-state index in [1.165, 1.54) is 0 Å². The molecule has 2 heterocycles. The van der Waals surface area contributed by atoms with Gasteiger partial charge in [0.1, 0.15) is 6.61 Å². The zero-order valence-corrected chi connectivity index (χ0v) is 20.9. The van der Waals surface area contributed by atoms with Crippen LogP contribution in [0.3, 0.4) is 0 Å². The highest BCUT2D eigenvalue weighted by atomic mass is 32.2. The Morgan fingerprint density at radius 1 is 1.00 bits per heavy atom. The van der Waals surface area contributed by atoms with Crippen molar-refractivity contribution in [2.45, 2.75) is 59.8 Å². The first-order valence-corrected chi connectivity index (χ1v) is 14.1. The summed E-state index contributed by atoms with van der Waals surface area (Å²) in [5, 5.41) is 10.4. The number of fused-ring (bicyclic) bond motifs is 1. The number of carbonyl (C=O) groups is 1. The number of hydrogen-bond acceptors (Lipinski definition) is 6. The summed E-state index contributed by atoms with van der Waals surface area (Å²) in [5.74, 6) is -0.0794. The molecule has 3 aromatic rings. The number of pyridine rings is 1. The van der Waals surface area contributed by atoms with E-state index in [4.69, 9.17) is 4.74 Å². The molecular weight excluding hydrogens is 476 g/mol. The first-order chi connectivity index (χ1) is 17.3. The maximum absolute atomic E-state index is 13.5. The Bertz CT molecular complexity index is 1410. The second kappa shape index (κ2) is 8.64. The molecule has 1 spiro atoms. The maximum atomic E-state index is 13.5. The average Bonchev–Trinajstić information content (AvgIpc) is 3.72. The smallest absolute Gasteiger partial charge is 0.249 e. The number of ether oxygens (including phenoxy) is 1. The van der Waals surface area contributed by atoms with Crippen molar-refractivity contribution in [3.8, 4) is 11.1 Å². The first-order valence-electron chi connectivity index (χ1n) is 12.6. The van der Waals surface area contributed by atoms with Gasteiger partial charge in [0, 0.05) is 11.6 Å². The van der Waals surface area contributed by atoms with E-state index in [-0.39, 0.29) is 19.1 Å². The Morgan fingerprint density at radius 2 is 1.72 bits per heavy atom. The summed E-state index contributed by atoms with van der Waals surface area (Å²) in [5.41, 5.74) is 1.90. The fourth-order valence-electron chi connectivity index (χ4n) is 5.81. The molecule has 36 heavy (non-hydrogen) atoms. The Labute approximate surface area is 211 Å². The quantitative estimate of drug-likeness (QED) is 0.566. The van der Waals surface area contributed by atoms with Crippen molar-refractivity contribution in [3.05, 3.63) is 60.8 Å². The molecule has 6 rings (SSSR count). The lowest BCUT2D eigenvalue weighted by molar-refractivity contribution is -0.176. The highest BCUT2D eigenvalue weighted by Gasteiger charge is 2.55. The third kappa shape index (κ3) is 4.01. The monoisotopic (exact) mass is 506 g/mol. The van der Waals surface area contributed by atoms with E-state index < -0.39 is 26.2 Å². The third-order valence-corrected chi connectivity index (χ3v) is 10.6. The summed E-state index contributed by atoms with van der Waals surface area (Å²) in [7, 11) is -3.48. The Kier molecular flexibility index (Phi) is 5.66. The van der Waals surface area contributed by atoms with Gasteiger partial charge in [-0.05, 0) is 73.9 Å². The van der Waals surface area contributed by atoms with Crippen molar-refractivity contribution in [1.29, 1.82) is 0 Å². The summed E-state index contributed by atoms with van der Waals surface area (Å²) in [6.45, 7) is 0.414. The van der Waals surface area contributed by atoms with Crippen LogP contribution in [-0.4, -0.2) is 65.5 Å². The molecule has 2 aliphatic carbocycles. The lowest BCUT2D eigenvalue weighted by Gasteiger charge is -2.48. The summed E-state index contributed by atoms with van der Waals surface area (Å²) in [6.07, 6.45) is 5.56. The van der Waals surface area contributed by atoms with Crippen LogP contribution in [0.4, 0.5) is 0 Å². The van der Waals surface area contributed by atoms with Gasteiger partial charge in [-0.1, -0.05) is 30.3 Å². The third-order valence-electron chi connectivity index (χ3n) is 8.35. The molecule has 1 saturated heterocycles. The molecule has 1 aromatic heterocycles. The molecule has 7 nitrogen and oxygen atoms in total. The summed E-state index contributed by atoms with van der Waals surface area (Å²) in [4.78, 5) is 19.0. The predicted molar refractivity (Wildman–Crippen MR) is 136 cm³/mol. The largest absolute Gasteiger partial charge is 0.394 e. The van der Waals surface area contributed by atoms with E-state index in [1.807, 2.05) is 42.5 Å². The van der Waals surface area contributed by atoms with Crippen LogP contribution in [0, 0.1) is 0 Å². The number of nitrogens with zero attached hydrogens (tertiary/aromatic N) is 2. The molecular formula is C28H30N2O5S. The summed E-state index contributed by atoms with van der Waals surface area (Å²) < 4.78 is 32.9. The minimum Gasteiger partial charge on any atom is -0.394 e. The SMILES string of the molecule is O=C1COC2(CCC(S(=O)(=O)c3ccc(-c4ccc5cccnc5c4)cc3)CC2)CN1C1(CO)CC1. The molecule has 1 aliphatic heterocycles. The molecule has 3 fully saturated rings. The van der Waals surface area contributed by atoms with Crippen molar-refractivity contribution < 1.29 is 23.1 Å². The number of carbonyl (C=O) groups excluding carboxylic acids is 1. The molecule has 188 valence electrons. The van der Waals surface area contributed by atoms with Crippen LogP contribution in [0.25, 0.3) is 22.0 Å². The van der Waals surface area contributed by atoms with Crippen LogP contribution in [-0.2, 0) is 19.4 Å². The second-order valence-corrected chi connectivity index (χ2v) is 12.7. The van der Waals surface area contributed by atoms with Crippen LogP contribution >= 0.6 is 0 Å². The number of amides is 1. The zero-order chi connectivity index (χ0) is 25.0. The van der Waals surface area contributed by atoms with E-state index in [0.717, 1.165) is 34.9 Å². The van der Waals surface area contributed by atoms with Crippen molar-refractivity contribution in [2.24, 2.45) is 0 Å². The molecule has 0 radical (unpaired) electrons. The fraction of sp³-hybridized carbons (Fsp3) is 0.429. The number of aromatic nitrogens is 1. The molecule has 8 heteroatoms. The summed E-state index contributed by atoms with van der Waals surface area (Å²) in [6, 6.07) is 17.1. The number of morpholine rings is 1. The molecule has 2 saturated carbocycles. The fourth-order valence-corrected chi connectivity index (χ4v) is 7.57. The maximum Gasteiger partial charge on any atom is 0.249 e. The van der Waals surface area contributed by atoms with Crippen molar-refractivity contribution in [1.82, 2.24) is 9.88 Å². The minimum atomic E-state index is -3.48. The predicted octanol–water partition coefficient (Wildman–Crippen LogP) is 3.74. The summed E-state index contributed by atoms with van der Waals surface area (Å²) >= 11 is 0. The molecule has 0 unspecified atom stereocenters. The van der Waals surface area contributed by atoms with Gasteiger partial charge in [-0.25, -0.2) is 8.42 Å². The van der Waals surface area contributed by atoms with Crippen LogP contribution < -0.4 is 0 Å². The van der Waals surface area contributed by atoms with Crippen LogP contribution in [0.15, 0.2) is 65.7 Å². The van der Waals surface area contributed by atoms with E-state index in [0.29, 0.717) is 37.1 Å². The van der Waals surface area contributed by atoms with Crippen LogP contribution in [0.1, 0.15) is 38.5 Å². The normalized spacial score (nSPS) is 25.9. The standard InChI is InChI=1S/C28H30N2O5S/c31-19-27(13-14-27)30-18-28(35-17-26(30)32)11-9-24(10-12-28)36(33,34)23-7-5-20(6-8-23)22-4-3-21-2-1-15-29-25(21)16-22/h1-8,15-16,24,31H,9-14,17-19H2. The van der Waals surface area contributed by atoms with Crippen molar-refractivity contribution in [2.75, 3.05) is 19.8 Å². The first kappa shape index (κ1) is 23.6. The number of aliphatic hydroxyl groups excluding tert-OH is 1. The van der Waals surface area contributed by atoms with E-state index in [9.17, 15) is 18.3 Å². The lowest BCUT2D eigenvalue weighted by Crippen LogP contribution is -2.60. The number of aliphatic hydroxyl groups is 1. The molecule has 0 atom stereocenters. The minimum absolute atomic E-state index is 0.00488. The van der Waals surface area contributed by atoms with Crippen molar-refractivity contribution in [3.63, 3.8) is 0 Å². The van der Waals surface area contributed by atoms with Gasteiger partial charge in [-0.3, -0.25) is 9.78 Å². The Balaban J connectivity index is 1.16. The van der Waals surface area contributed by atoms with Crippen LogP contribution in [0.5, 0.6) is 0 Å². The second-order valence-electron chi connectivity index (χ2n) is 10.5. The number of sulfone groups is 1. The van der Waals surface area contributed by atoms with Gasteiger partial charge >= 0.3 is 0 Å². The van der Waals surface area contributed by atoms with Crippen molar-refractivity contribution >= 4 is 26.6 Å². The van der Waals surface area contributed by atoms with E-state index >= 15 is 0 Å². The van der Waals surface area contributed by atoms with Gasteiger partial charge < -0.3 is 14.7 Å². The molecule has 3 aliphatic rings. The van der Waals surface area contributed by atoms with Gasteiger partial charge in [-0.15, -0.1) is 0 Å². The number of benzene rings is 2. The highest BCUT2D eigenvalue weighted by Crippen LogP contribution is 2.46. The number of hydrogen-bond donors (Lipinski definition) is 1. The molecule has 2 aromatic carbocycles. The average molecular weight is 507 g/mol.